The molecule has 0 spiro atoms. The predicted octanol–water partition coefficient (Wildman–Crippen LogP) is 2.09. The first kappa shape index (κ1) is 13.2. The molecule has 0 radical (unpaired) electrons. The minimum atomic E-state index is 0.225. The standard InChI is InChI=1S/C12H23N3O/c1-3-4-5-6-9-15-11(2)12(13-14-15)8-7-10-16/h16H,3-10H2,1-2H3. The molecule has 0 saturated carbocycles. The number of hydrogen-bond donors (Lipinski definition) is 1. The van der Waals surface area contributed by atoms with Crippen LogP contribution in [-0.4, -0.2) is 26.7 Å². The van der Waals surface area contributed by atoms with E-state index in [0.29, 0.717) is 0 Å². The normalized spacial score (nSPS) is 10.9. The van der Waals surface area contributed by atoms with Gasteiger partial charge in [0.2, 0.25) is 0 Å². The fourth-order valence-corrected chi connectivity index (χ4v) is 1.77. The lowest BCUT2D eigenvalue weighted by Crippen LogP contribution is -2.03. The van der Waals surface area contributed by atoms with Crippen LogP contribution in [0.4, 0.5) is 0 Å². The lowest BCUT2D eigenvalue weighted by molar-refractivity contribution is 0.288. The number of nitrogens with zero attached hydrogens (tertiary/aromatic N) is 3. The second-order valence-electron chi connectivity index (χ2n) is 4.23. The quantitative estimate of drug-likeness (QED) is 0.689. The van der Waals surface area contributed by atoms with E-state index in [1.807, 2.05) is 4.68 Å². The molecule has 16 heavy (non-hydrogen) atoms. The Kier molecular flexibility index (Phi) is 6.08. The molecule has 4 nitrogen and oxygen atoms in total. The average Bonchev–Trinajstić information content (AvgIpc) is 2.64. The van der Waals surface area contributed by atoms with Gasteiger partial charge in [0, 0.05) is 13.2 Å². The summed E-state index contributed by atoms with van der Waals surface area (Å²) in [6.45, 7) is 5.47. The minimum absolute atomic E-state index is 0.225. The highest BCUT2D eigenvalue weighted by molar-refractivity contribution is 5.07. The monoisotopic (exact) mass is 225 g/mol. The van der Waals surface area contributed by atoms with Crippen LogP contribution in [0.25, 0.3) is 0 Å². The van der Waals surface area contributed by atoms with E-state index in [9.17, 15) is 0 Å². The summed E-state index contributed by atoms with van der Waals surface area (Å²) in [5, 5.41) is 17.1. The van der Waals surface area contributed by atoms with E-state index in [-0.39, 0.29) is 6.61 Å². The summed E-state index contributed by atoms with van der Waals surface area (Å²) in [5.41, 5.74) is 2.19. The van der Waals surface area contributed by atoms with Crippen molar-refractivity contribution in [2.24, 2.45) is 0 Å². The fraction of sp³-hybridized carbons (Fsp3) is 0.833. The molecule has 4 heteroatoms. The van der Waals surface area contributed by atoms with Crippen molar-refractivity contribution in [3.8, 4) is 0 Å². The Morgan fingerprint density at radius 2 is 2.00 bits per heavy atom. The summed E-state index contributed by atoms with van der Waals surface area (Å²) in [4.78, 5) is 0. The van der Waals surface area contributed by atoms with Gasteiger partial charge in [0.25, 0.3) is 0 Å². The Bertz CT molecular complexity index is 296. The van der Waals surface area contributed by atoms with Crippen LogP contribution in [0.1, 0.15) is 50.4 Å². The van der Waals surface area contributed by atoms with Crippen molar-refractivity contribution < 1.29 is 5.11 Å². The Morgan fingerprint density at radius 3 is 2.69 bits per heavy atom. The third kappa shape index (κ3) is 3.93. The molecule has 0 aliphatic carbocycles. The van der Waals surface area contributed by atoms with Gasteiger partial charge in [-0.1, -0.05) is 31.4 Å². The van der Waals surface area contributed by atoms with E-state index in [4.69, 9.17) is 5.11 Å². The number of aliphatic hydroxyl groups excluding tert-OH is 1. The molecule has 0 saturated heterocycles. The highest BCUT2D eigenvalue weighted by Crippen LogP contribution is 2.08. The number of aromatic nitrogens is 3. The largest absolute Gasteiger partial charge is 0.396 e. The van der Waals surface area contributed by atoms with Gasteiger partial charge in [0.15, 0.2) is 0 Å². The molecular formula is C12H23N3O. The predicted molar refractivity (Wildman–Crippen MR) is 64.3 cm³/mol. The van der Waals surface area contributed by atoms with Gasteiger partial charge < -0.3 is 5.11 Å². The molecule has 92 valence electrons. The van der Waals surface area contributed by atoms with Crippen molar-refractivity contribution in [3.05, 3.63) is 11.4 Å². The number of rotatable bonds is 8. The molecule has 0 unspecified atom stereocenters. The van der Waals surface area contributed by atoms with Gasteiger partial charge in [0.1, 0.15) is 0 Å². The zero-order valence-corrected chi connectivity index (χ0v) is 10.4. The molecule has 0 aliphatic rings. The number of hydrogen-bond acceptors (Lipinski definition) is 3. The van der Waals surface area contributed by atoms with E-state index in [1.54, 1.807) is 0 Å². The zero-order valence-electron chi connectivity index (χ0n) is 10.4. The van der Waals surface area contributed by atoms with Crippen molar-refractivity contribution in [2.75, 3.05) is 6.61 Å². The summed E-state index contributed by atoms with van der Waals surface area (Å²) >= 11 is 0. The third-order valence-corrected chi connectivity index (χ3v) is 2.87. The second-order valence-corrected chi connectivity index (χ2v) is 4.23. The fourth-order valence-electron chi connectivity index (χ4n) is 1.77. The number of aryl methyl sites for hydroxylation is 2. The lowest BCUT2D eigenvalue weighted by atomic mass is 10.2. The van der Waals surface area contributed by atoms with Crippen LogP contribution in [0.3, 0.4) is 0 Å². The lowest BCUT2D eigenvalue weighted by Gasteiger charge is -2.03. The maximum absolute atomic E-state index is 8.77. The van der Waals surface area contributed by atoms with Crippen LogP contribution < -0.4 is 0 Å². The minimum Gasteiger partial charge on any atom is -0.396 e. The molecule has 1 aromatic heterocycles. The van der Waals surface area contributed by atoms with Gasteiger partial charge >= 0.3 is 0 Å². The van der Waals surface area contributed by atoms with Crippen LogP contribution in [0.15, 0.2) is 0 Å². The van der Waals surface area contributed by atoms with Crippen molar-refractivity contribution in [1.82, 2.24) is 15.0 Å². The molecular weight excluding hydrogens is 202 g/mol. The van der Waals surface area contributed by atoms with Crippen molar-refractivity contribution in [1.29, 1.82) is 0 Å². The maximum atomic E-state index is 8.77. The van der Waals surface area contributed by atoms with Gasteiger partial charge in [-0.05, 0) is 26.2 Å². The average molecular weight is 225 g/mol. The first-order valence-corrected chi connectivity index (χ1v) is 6.29. The smallest absolute Gasteiger partial charge is 0.0857 e. The second kappa shape index (κ2) is 7.39. The molecule has 0 bridgehead atoms. The molecule has 0 fully saturated rings. The van der Waals surface area contributed by atoms with Crippen LogP contribution in [0.2, 0.25) is 0 Å². The van der Waals surface area contributed by atoms with E-state index >= 15 is 0 Å². The molecule has 0 atom stereocenters. The van der Waals surface area contributed by atoms with Crippen LogP contribution in [-0.2, 0) is 13.0 Å². The van der Waals surface area contributed by atoms with Crippen LogP contribution in [0.5, 0.6) is 0 Å². The summed E-state index contributed by atoms with van der Waals surface area (Å²) in [6, 6.07) is 0. The molecule has 1 aromatic rings. The Hall–Kier alpha value is -0.900. The van der Waals surface area contributed by atoms with Gasteiger partial charge in [-0.2, -0.15) is 0 Å². The molecule has 1 N–H and O–H groups in total. The highest BCUT2D eigenvalue weighted by Gasteiger charge is 2.07. The van der Waals surface area contributed by atoms with E-state index in [0.717, 1.165) is 30.8 Å². The first-order chi connectivity index (χ1) is 7.79. The van der Waals surface area contributed by atoms with Crippen molar-refractivity contribution in [3.63, 3.8) is 0 Å². The molecule has 0 amide bonds. The van der Waals surface area contributed by atoms with Gasteiger partial charge in [-0.3, -0.25) is 0 Å². The van der Waals surface area contributed by atoms with Crippen molar-refractivity contribution in [2.45, 2.75) is 58.9 Å². The summed E-state index contributed by atoms with van der Waals surface area (Å²) < 4.78 is 1.99. The maximum Gasteiger partial charge on any atom is 0.0857 e. The Balaban J connectivity index is 2.38. The molecule has 0 aromatic carbocycles. The van der Waals surface area contributed by atoms with Gasteiger partial charge in [0.05, 0.1) is 11.4 Å². The Labute approximate surface area is 97.7 Å². The number of aliphatic hydroxyl groups is 1. The van der Waals surface area contributed by atoms with Gasteiger partial charge in [-0.15, -0.1) is 5.10 Å². The van der Waals surface area contributed by atoms with E-state index in [1.165, 1.54) is 25.7 Å². The van der Waals surface area contributed by atoms with Crippen LogP contribution in [0, 0.1) is 6.92 Å². The van der Waals surface area contributed by atoms with Crippen LogP contribution >= 0.6 is 0 Å². The third-order valence-electron chi connectivity index (χ3n) is 2.87. The van der Waals surface area contributed by atoms with E-state index < -0.39 is 0 Å². The molecule has 1 rings (SSSR count). The zero-order chi connectivity index (χ0) is 11.8. The van der Waals surface area contributed by atoms with Crippen molar-refractivity contribution >= 4 is 0 Å². The summed E-state index contributed by atoms with van der Waals surface area (Å²) in [7, 11) is 0. The van der Waals surface area contributed by atoms with E-state index in [2.05, 4.69) is 24.2 Å². The SMILES string of the molecule is CCCCCCn1nnc(CCCO)c1C. The number of unbranched alkanes of at least 4 members (excludes halogenated alkanes) is 3. The highest BCUT2D eigenvalue weighted by atomic mass is 16.2. The van der Waals surface area contributed by atoms with Gasteiger partial charge in [-0.25, -0.2) is 4.68 Å². The first-order valence-electron chi connectivity index (χ1n) is 6.29. The molecule has 1 heterocycles. The molecule has 0 aliphatic heterocycles. The summed E-state index contributed by atoms with van der Waals surface area (Å²) in [6.07, 6.45) is 6.61. The Morgan fingerprint density at radius 1 is 1.19 bits per heavy atom. The summed E-state index contributed by atoms with van der Waals surface area (Å²) in [5.74, 6) is 0. The topological polar surface area (TPSA) is 50.9 Å².